The van der Waals surface area contributed by atoms with Crippen LogP contribution >= 0.6 is 11.3 Å². The monoisotopic (exact) mass is 636 g/mol. The minimum atomic E-state index is -1.11. The Kier molecular flexibility index (Phi) is 9.62. The number of fused-ring (bicyclic) bond motifs is 1. The number of amides is 1. The second kappa shape index (κ2) is 13.6. The van der Waals surface area contributed by atoms with Crippen LogP contribution in [0.2, 0.25) is 0 Å². The molecule has 2 aromatic carbocycles. The van der Waals surface area contributed by atoms with E-state index in [1.54, 1.807) is 50.2 Å². The highest BCUT2D eigenvalue weighted by atomic mass is 32.1. The SMILES string of the molecule is CCOC(=O)c1sc(N2C(=O)C(=O)/C(=C(/O)c3ccc4c(c3)OCCO4)[C@H]2c2ccc(OCCC(C)C)c(OCC)c2)nc1C. The quantitative estimate of drug-likeness (QED) is 0.118. The largest absolute Gasteiger partial charge is 0.507 e. The van der Waals surface area contributed by atoms with Crippen LogP contribution in [-0.2, 0) is 14.3 Å². The molecule has 45 heavy (non-hydrogen) atoms. The first-order valence-electron chi connectivity index (χ1n) is 14.9. The molecule has 0 radical (unpaired) electrons. The number of aromatic nitrogens is 1. The van der Waals surface area contributed by atoms with E-state index < -0.39 is 29.5 Å². The first-order valence-corrected chi connectivity index (χ1v) is 15.7. The number of rotatable bonds is 11. The highest BCUT2D eigenvalue weighted by molar-refractivity contribution is 7.17. The van der Waals surface area contributed by atoms with Gasteiger partial charge in [0.2, 0.25) is 0 Å². The van der Waals surface area contributed by atoms with Crippen molar-refractivity contribution in [3.8, 4) is 23.0 Å². The van der Waals surface area contributed by atoms with E-state index in [9.17, 15) is 19.5 Å². The molecular formula is C33H36N2O9S. The fourth-order valence-corrected chi connectivity index (χ4v) is 6.04. The number of nitrogens with zero attached hydrogens (tertiary/aromatic N) is 2. The van der Waals surface area contributed by atoms with Gasteiger partial charge in [-0.1, -0.05) is 31.3 Å². The van der Waals surface area contributed by atoms with E-state index >= 15 is 0 Å². The average Bonchev–Trinajstić information content (AvgIpc) is 3.53. The minimum absolute atomic E-state index is 0.110. The summed E-state index contributed by atoms with van der Waals surface area (Å²) in [6.07, 6.45) is 0.842. The van der Waals surface area contributed by atoms with E-state index in [2.05, 4.69) is 18.8 Å². The molecular weight excluding hydrogens is 600 g/mol. The van der Waals surface area contributed by atoms with Gasteiger partial charge in [0.25, 0.3) is 5.78 Å². The van der Waals surface area contributed by atoms with Gasteiger partial charge in [0, 0.05) is 5.56 Å². The third-order valence-corrected chi connectivity index (χ3v) is 8.39. The molecule has 2 aliphatic rings. The standard InChI is InChI=1S/C33H36N2O9S/c1-6-40-24-16-20(8-10-22(24)42-13-12-18(3)4)27-26(28(36)21-9-11-23-25(17-21)44-15-14-43-23)29(37)31(38)35(27)33-34-19(5)30(45-33)32(39)41-7-2/h8-11,16-18,27,36H,6-7,12-15H2,1-5H3/b28-26+/t27-/m1/s1. The Hall–Kier alpha value is -4.58. The summed E-state index contributed by atoms with van der Waals surface area (Å²) in [5.41, 5.74) is 0.935. The lowest BCUT2D eigenvalue weighted by molar-refractivity contribution is -0.132. The Morgan fingerprint density at radius 2 is 1.80 bits per heavy atom. The predicted octanol–water partition coefficient (Wildman–Crippen LogP) is 5.85. The summed E-state index contributed by atoms with van der Waals surface area (Å²) >= 11 is 0.939. The maximum absolute atomic E-state index is 13.8. The highest BCUT2D eigenvalue weighted by Gasteiger charge is 2.49. The third-order valence-electron chi connectivity index (χ3n) is 7.25. The van der Waals surface area contributed by atoms with Gasteiger partial charge in [0.1, 0.15) is 23.9 Å². The fraction of sp³-hybridized carbons (Fsp3) is 0.394. The Morgan fingerprint density at radius 3 is 2.51 bits per heavy atom. The molecule has 1 atom stereocenters. The van der Waals surface area contributed by atoms with E-state index in [1.807, 2.05) is 6.92 Å². The molecule has 11 nitrogen and oxygen atoms in total. The van der Waals surface area contributed by atoms with Crippen molar-refractivity contribution < 1.29 is 43.2 Å². The molecule has 1 fully saturated rings. The number of carbonyl (C=O) groups excluding carboxylic acids is 3. The number of thiazole rings is 1. The van der Waals surface area contributed by atoms with Crippen molar-refractivity contribution >= 4 is 39.9 Å². The lowest BCUT2D eigenvalue weighted by Crippen LogP contribution is -2.29. The molecule has 12 heteroatoms. The van der Waals surface area contributed by atoms with Crippen LogP contribution in [0, 0.1) is 12.8 Å². The van der Waals surface area contributed by atoms with Crippen LogP contribution < -0.4 is 23.8 Å². The highest BCUT2D eigenvalue weighted by Crippen LogP contribution is 2.46. The first-order chi connectivity index (χ1) is 21.6. The van der Waals surface area contributed by atoms with Gasteiger partial charge < -0.3 is 28.8 Å². The van der Waals surface area contributed by atoms with E-state index in [1.165, 1.54) is 4.90 Å². The predicted molar refractivity (Wildman–Crippen MR) is 168 cm³/mol. The van der Waals surface area contributed by atoms with Crippen LogP contribution in [-0.4, -0.2) is 60.8 Å². The summed E-state index contributed by atoms with van der Waals surface area (Å²) in [7, 11) is 0. The van der Waals surface area contributed by atoms with Crippen LogP contribution in [0.25, 0.3) is 5.76 Å². The van der Waals surface area contributed by atoms with Gasteiger partial charge in [-0.25, -0.2) is 9.78 Å². The summed E-state index contributed by atoms with van der Waals surface area (Å²) in [5, 5.41) is 11.8. The normalized spacial score (nSPS) is 17.1. The number of ketones is 1. The van der Waals surface area contributed by atoms with Crippen LogP contribution in [0.5, 0.6) is 23.0 Å². The summed E-state index contributed by atoms with van der Waals surface area (Å²) < 4.78 is 28.4. The van der Waals surface area contributed by atoms with Gasteiger partial charge in [-0.15, -0.1) is 0 Å². The van der Waals surface area contributed by atoms with Gasteiger partial charge >= 0.3 is 11.9 Å². The number of aliphatic hydroxyl groups excluding tert-OH is 1. The number of hydrogen-bond donors (Lipinski definition) is 1. The molecule has 3 aromatic rings. The Balaban J connectivity index is 1.66. The van der Waals surface area contributed by atoms with Crippen molar-refractivity contribution in [2.24, 2.45) is 5.92 Å². The van der Waals surface area contributed by atoms with Crippen molar-refractivity contribution in [1.82, 2.24) is 4.98 Å². The smallest absolute Gasteiger partial charge is 0.350 e. The molecule has 0 spiro atoms. The van der Waals surface area contributed by atoms with Crippen LogP contribution in [0.3, 0.4) is 0 Å². The topological polar surface area (TPSA) is 134 Å². The molecule has 2 aliphatic heterocycles. The zero-order valence-corrected chi connectivity index (χ0v) is 26.7. The minimum Gasteiger partial charge on any atom is -0.507 e. The zero-order chi connectivity index (χ0) is 32.2. The molecule has 1 N–H and O–H groups in total. The second-order valence-electron chi connectivity index (χ2n) is 10.8. The zero-order valence-electron chi connectivity index (χ0n) is 25.9. The summed E-state index contributed by atoms with van der Waals surface area (Å²) in [4.78, 5) is 46.0. The lowest BCUT2D eigenvalue weighted by Gasteiger charge is -2.24. The number of Topliss-reactive ketones (excluding diaryl/α,β-unsaturated/α-hetero) is 1. The molecule has 3 heterocycles. The van der Waals surface area contributed by atoms with Gasteiger partial charge in [-0.2, -0.15) is 0 Å². The van der Waals surface area contributed by atoms with Crippen molar-refractivity contribution in [1.29, 1.82) is 0 Å². The number of ether oxygens (including phenoxy) is 5. The Bertz CT molecular complexity index is 1640. The number of aryl methyl sites for hydroxylation is 1. The number of esters is 1. The molecule has 1 aromatic heterocycles. The maximum Gasteiger partial charge on any atom is 0.350 e. The van der Waals surface area contributed by atoms with Crippen molar-refractivity contribution in [3.63, 3.8) is 0 Å². The Morgan fingerprint density at radius 1 is 1.04 bits per heavy atom. The molecule has 0 aliphatic carbocycles. The van der Waals surface area contributed by atoms with Crippen molar-refractivity contribution in [3.05, 3.63) is 63.7 Å². The number of carbonyl (C=O) groups is 3. The van der Waals surface area contributed by atoms with E-state index in [0.717, 1.165) is 17.8 Å². The van der Waals surface area contributed by atoms with Crippen molar-refractivity contribution in [2.45, 2.75) is 47.1 Å². The molecule has 0 bridgehead atoms. The molecule has 0 saturated carbocycles. The summed E-state index contributed by atoms with van der Waals surface area (Å²) in [6, 6.07) is 8.84. The molecule has 0 unspecified atom stereocenters. The Labute approximate surface area is 265 Å². The lowest BCUT2D eigenvalue weighted by atomic mass is 9.95. The summed E-state index contributed by atoms with van der Waals surface area (Å²) in [5.74, 6) is -0.489. The molecule has 238 valence electrons. The molecule has 5 rings (SSSR count). The second-order valence-corrected chi connectivity index (χ2v) is 11.8. The van der Waals surface area contributed by atoms with E-state index in [0.29, 0.717) is 66.6 Å². The number of benzene rings is 2. The fourth-order valence-electron chi connectivity index (χ4n) is 5.05. The molecule has 1 saturated heterocycles. The first kappa shape index (κ1) is 31.8. The summed E-state index contributed by atoms with van der Waals surface area (Å²) in [6.45, 7) is 11.1. The number of hydrogen-bond acceptors (Lipinski definition) is 11. The van der Waals surface area contributed by atoms with Gasteiger partial charge in [0.05, 0.1) is 37.1 Å². The molecule has 1 amide bonds. The van der Waals surface area contributed by atoms with Crippen LogP contribution in [0.15, 0.2) is 42.0 Å². The van der Waals surface area contributed by atoms with Gasteiger partial charge in [0.15, 0.2) is 28.1 Å². The van der Waals surface area contributed by atoms with Crippen LogP contribution in [0.4, 0.5) is 5.13 Å². The average molecular weight is 637 g/mol. The third kappa shape index (κ3) is 6.46. The van der Waals surface area contributed by atoms with Crippen LogP contribution in [0.1, 0.15) is 66.7 Å². The number of anilines is 1. The van der Waals surface area contributed by atoms with E-state index in [-0.39, 0.29) is 27.8 Å². The maximum atomic E-state index is 13.8. The van der Waals surface area contributed by atoms with E-state index in [4.69, 9.17) is 23.7 Å². The van der Waals surface area contributed by atoms with Gasteiger partial charge in [-0.3, -0.25) is 14.5 Å². The van der Waals surface area contributed by atoms with Crippen molar-refractivity contribution in [2.75, 3.05) is 37.9 Å². The number of aliphatic hydroxyl groups is 1. The van der Waals surface area contributed by atoms with Gasteiger partial charge in [-0.05, 0) is 69.0 Å².